The third kappa shape index (κ3) is 3.86. The summed E-state index contributed by atoms with van der Waals surface area (Å²) in [6, 6.07) is 5.58. The predicted octanol–water partition coefficient (Wildman–Crippen LogP) is 3.41. The SMILES string of the molecule is O=C(CCc1ccccn1)CC1CCC(F)(F)C1. The maximum Gasteiger partial charge on any atom is 0.248 e. The Morgan fingerprint density at radius 3 is 2.89 bits per heavy atom. The highest BCUT2D eigenvalue weighted by atomic mass is 19.3. The molecule has 0 aromatic carbocycles. The second-order valence-electron chi connectivity index (χ2n) is 5.03. The Hall–Kier alpha value is -1.32. The maximum atomic E-state index is 13.0. The average Bonchev–Trinajstić information content (AvgIpc) is 2.67. The highest BCUT2D eigenvalue weighted by molar-refractivity contribution is 5.78. The Kier molecular flexibility index (Phi) is 4.04. The minimum absolute atomic E-state index is 0.0643. The summed E-state index contributed by atoms with van der Waals surface area (Å²) in [4.78, 5) is 15.8. The van der Waals surface area contributed by atoms with Gasteiger partial charge in [-0.1, -0.05) is 6.07 Å². The van der Waals surface area contributed by atoms with E-state index in [4.69, 9.17) is 0 Å². The predicted molar refractivity (Wildman–Crippen MR) is 64.5 cm³/mol. The highest BCUT2D eigenvalue weighted by Crippen LogP contribution is 2.40. The number of aryl methyl sites for hydroxylation is 1. The zero-order chi connectivity index (χ0) is 13.0. The third-order valence-electron chi connectivity index (χ3n) is 3.41. The smallest absolute Gasteiger partial charge is 0.248 e. The van der Waals surface area contributed by atoms with Crippen LogP contribution in [0.15, 0.2) is 24.4 Å². The van der Waals surface area contributed by atoms with Gasteiger partial charge in [-0.3, -0.25) is 9.78 Å². The molecule has 0 aliphatic heterocycles. The minimum atomic E-state index is -2.55. The molecule has 1 aliphatic carbocycles. The van der Waals surface area contributed by atoms with Crippen molar-refractivity contribution in [1.29, 1.82) is 0 Å². The first-order chi connectivity index (χ1) is 8.55. The van der Waals surface area contributed by atoms with Gasteiger partial charge in [0.25, 0.3) is 0 Å². The number of nitrogens with zero attached hydrogens (tertiary/aromatic N) is 1. The van der Waals surface area contributed by atoms with Crippen LogP contribution in [-0.2, 0) is 11.2 Å². The molecule has 0 bridgehead atoms. The summed E-state index contributed by atoms with van der Waals surface area (Å²) in [5, 5.41) is 0. The van der Waals surface area contributed by atoms with Crippen LogP contribution in [-0.4, -0.2) is 16.7 Å². The number of alkyl halides is 2. The number of ketones is 1. The van der Waals surface area contributed by atoms with Gasteiger partial charge in [-0.2, -0.15) is 0 Å². The summed E-state index contributed by atoms with van der Waals surface area (Å²) in [7, 11) is 0. The fraction of sp³-hybridized carbons (Fsp3) is 0.571. The summed E-state index contributed by atoms with van der Waals surface area (Å²) in [5.74, 6) is -2.61. The van der Waals surface area contributed by atoms with Gasteiger partial charge in [-0.15, -0.1) is 0 Å². The van der Waals surface area contributed by atoms with Crippen LogP contribution in [0.3, 0.4) is 0 Å². The van der Waals surface area contributed by atoms with E-state index in [1.54, 1.807) is 6.20 Å². The topological polar surface area (TPSA) is 30.0 Å². The van der Waals surface area contributed by atoms with Gasteiger partial charge < -0.3 is 0 Å². The van der Waals surface area contributed by atoms with Crippen molar-refractivity contribution < 1.29 is 13.6 Å². The van der Waals surface area contributed by atoms with E-state index in [-0.39, 0.29) is 24.5 Å². The second-order valence-corrected chi connectivity index (χ2v) is 5.03. The molecule has 98 valence electrons. The maximum absolute atomic E-state index is 13.0. The van der Waals surface area contributed by atoms with Crippen LogP contribution in [0.2, 0.25) is 0 Å². The van der Waals surface area contributed by atoms with Gasteiger partial charge in [-0.05, 0) is 30.9 Å². The molecule has 0 spiro atoms. The van der Waals surface area contributed by atoms with Crippen LogP contribution in [0, 0.1) is 5.92 Å². The molecule has 1 aromatic heterocycles. The van der Waals surface area contributed by atoms with E-state index in [0.717, 1.165) is 5.69 Å². The van der Waals surface area contributed by atoms with Crippen molar-refractivity contribution in [2.45, 2.75) is 44.4 Å². The van der Waals surface area contributed by atoms with Crippen molar-refractivity contribution in [2.24, 2.45) is 5.92 Å². The lowest BCUT2D eigenvalue weighted by molar-refractivity contribution is -0.120. The molecule has 2 rings (SSSR count). The van der Waals surface area contributed by atoms with Gasteiger partial charge in [0, 0.05) is 37.6 Å². The molecule has 0 N–H and O–H groups in total. The molecule has 1 aliphatic rings. The van der Waals surface area contributed by atoms with Crippen molar-refractivity contribution >= 4 is 5.78 Å². The minimum Gasteiger partial charge on any atom is -0.300 e. The van der Waals surface area contributed by atoms with Crippen molar-refractivity contribution in [2.75, 3.05) is 0 Å². The number of aromatic nitrogens is 1. The zero-order valence-electron chi connectivity index (χ0n) is 10.2. The van der Waals surface area contributed by atoms with Gasteiger partial charge in [0.2, 0.25) is 5.92 Å². The standard InChI is InChI=1S/C14H17F2NO/c15-14(16)7-6-11(10-14)9-13(18)5-4-12-3-1-2-8-17-12/h1-3,8,11H,4-7,9-10H2. The molecule has 1 unspecified atom stereocenters. The number of Topliss-reactive ketones (excluding diaryl/α,β-unsaturated/α-hetero) is 1. The first-order valence-corrected chi connectivity index (χ1v) is 6.35. The average molecular weight is 253 g/mol. The molecule has 4 heteroatoms. The summed E-state index contributed by atoms with van der Waals surface area (Å²) < 4.78 is 25.9. The molecule has 1 aromatic rings. The van der Waals surface area contributed by atoms with E-state index < -0.39 is 5.92 Å². The number of rotatable bonds is 5. The molecule has 18 heavy (non-hydrogen) atoms. The molecular weight excluding hydrogens is 236 g/mol. The fourth-order valence-electron chi connectivity index (χ4n) is 2.45. The van der Waals surface area contributed by atoms with Gasteiger partial charge in [0.05, 0.1) is 0 Å². The Morgan fingerprint density at radius 1 is 1.44 bits per heavy atom. The van der Waals surface area contributed by atoms with Crippen molar-refractivity contribution in [3.63, 3.8) is 0 Å². The highest BCUT2D eigenvalue weighted by Gasteiger charge is 2.39. The van der Waals surface area contributed by atoms with Crippen LogP contribution in [0.25, 0.3) is 0 Å². The summed E-state index contributed by atoms with van der Waals surface area (Å²) in [6.45, 7) is 0. The molecule has 0 saturated heterocycles. The Labute approximate surface area is 105 Å². The van der Waals surface area contributed by atoms with Crippen LogP contribution in [0.5, 0.6) is 0 Å². The normalized spacial score (nSPS) is 22.0. The Bertz CT molecular complexity index is 406. The van der Waals surface area contributed by atoms with E-state index in [2.05, 4.69) is 4.98 Å². The Balaban J connectivity index is 1.73. The van der Waals surface area contributed by atoms with E-state index >= 15 is 0 Å². The quantitative estimate of drug-likeness (QED) is 0.805. The van der Waals surface area contributed by atoms with E-state index in [1.165, 1.54) is 0 Å². The summed E-state index contributed by atoms with van der Waals surface area (Å²) in [6.07, 6.45) is 3.28. The number of halogens is 2. The van der Waals surface area contributed by atoms with E-state index in [1.807, 2.05) is 18.2 Å². The molecule has 2 nitrogen and oxygen atoms in total. The second kappa shape index (κ2) is 5.55. The zero-order valence-corrected chi connectivity index (χ0v) is 10.2. The van der Waals surface area contributed by atoms with Crippen molar-refractivity contribution in [1.82, 2.24) is 4.98 Å². The first-order valence-electron chi connectivity index (χ1n) is 6.35. The van der Waals surface area contributed by atoms with Crippen LogP contribution in [0.4, 0.5) is 8.78 Å². The van der Waals surface area contributed by atoms with Crippen molar-refractivity contribution in [3.05, 3.63) is 30.1 Å². The van der Waals surface area contributed by atoms with Crippen LogP contribution in [0.1, 0.15) is 37.8 Å². The number of carbonyl (C=O) groups is 1. The van der Waals surface area contributed by atoms with Crippen molar-refractivity contribution in [3.8, 4) is 0 Å². The Morgan fingerprint density at radius 2 is 2.28 bits per heavy atom. The molecule has 1 saturated carbocycles. The number of carbonyl (C=O) groups excluding carboxylic acids is 1. The van der Waals surface area contributed by atoms with Gasteiger partial charge >= 0.3 is 0 Å². The summed E-state index contributed by atoms with van der Waals surface area (Å²) >= 11 is 0. The lowest BCUT2D eigenvalue weighted by Gasteiger charge is -2.09. The van der Waals surface area contributed by atoms with Gasteiger partial charge in [-0.25, -0.2) is 8.78 Å². The van der Waals surface area contributed by atoms with Crippen LogP contribution >= 0.6 is 0 Å². The molecule has 1 fully saturated rings. The number of pyridine rings is 1. The lowest BCUT2D eigenvalue weighted by Crippen LogP contribution is -2.12. The number of hydrogen-bond acceptors (Lipinski definition) is 2. The monoisotopic (exact) mass is 253 g/mol. The molecule has 1 heterocycles. The third-order valence-corrected chi connectivity index (χ3v) is 3.41. The van der Waals surface area contributed by atoms with Gasteiger partial charge in [0.1, 0.15) is 5.78 Å². The van der Waals surface area contributed by atoms with E-state index in [9.17, 15) is 13.6 Å². The summed E-state index contributed by atoms with van der Waals surface area (Å²) in [5.41, 5.74) is 0.877. The lowest BCUT2D eigenvalue weighted by atomic mass is 9.98. The largest absolute Gasteiger partial charge is 0.300 e. The molecule has 1 atom stereocenters. The fourth-order valence-corrected chi connectivity index (χ4v) is 2.45. The molecule has 0 radical (unpaired) electrons. The number of hydrogen-bond donors (Lipinski definition) is 0. The van der Waals surface area contributed by atoms with E-state index in [0.29, 0.717) is 25.7 Å². The first kappa shape index (κ1) is 13.1. The van der Waals surface area contributed by atoms with Gasteiger partial charge in [0.15, 0.2) is 0 Å². The molecule has 0 amide bonds. The van der Waals surface area contributed by atoms with Crippen LogP contribution < -0.4 is 0 Å². The molecular formula is C14H17F2NO.